The van der Waals surface area contributed by atoms with Gasteiger partial charge in [0, 0.05) is 23.6 Å². The third kappa shape index (κ3) is 4.99. The summed E-state index contributed by atoms with van der Waals surface area (Å²) in [7, 11) is 5.48. The number of rotatable bonds is 9. The summed E-state index contributed by atoms with van der Waals surface area (Å²) in [4.78, 5) is 1.31. The van der Waals surface area contributed by atoms with Crippen LogP contribution in [0.5, 0.6) is 17.2 Å². The van der Waals surface area contributed by atoms with Crippen molar-refractivity contribution in [2.45, 2.75) is 20.1 Å². The monoisotopic (exact) mass is 414 g/mol. The smallest absolute Gasteiger partial charge is 0.188 e. The second kappa shape index (κ2) is 9.62. The minimum atomic E-state index is 0.615. The fraction of sp³-hybridized carbons (Fsp3) is 0.318. The normalized spacial score (nSPS) is 11.9. The number of nitrogens with one attached hydrogen (secondary N) is 1. The molecule has 1 unspecified atom stereocenters. The van der Waals surface area contributed by atoms with Crippen LogP contribution in [0.4, 0.5) is 0 Å². The van der Waals surface area contributed by atoms with Crippen LogP contribution in [0.25, 0.3) is 5.69 Å². The molecule has 0 aliphatic rings. The van der Waals surface area contributed by atoms with E-state index in [4.69, 9.17) is 26.4 Å². The highest BCUT2D eigenvalue weighted by Gasteiger charge is 2.11. The van der Waals surface area contributed by atoms with Crippen LogP contribution in [0.1, 0.15) is 12.5 Å². The first-order valence-corrected chi connectivity index (χ1v) is 9.99. The standard InChI is InChI=1S/C22H27N3O3S/c1-5-28-20-11-6-17(14-21(20)27-4)15-23(2)16-24-12-13-25(22(24)29)18-7-9-19(26-3)10-8-18/h6-14H,5,15-16H2,1-4H3/p+1. The molecule has 29 heavy (non-hydrogen) atoms. The number of hydrogen-bond donors (Lipinski definition) is 1. The number of hydrogen-bond acceptors (Lipinski definition) is 4. The number of benzene rings is 2. The van der Waals surface area contributed by atoms with Gasteiger partial charge in [0.15, 0.2) is 22.9 Å². The zero-order valence-corrected chi connectivity index (χ0v) is 18.2. The molecule has 1 atom stereocenters. The molecule has 0 bridgehead atoms. The van der Waals surface area contributed by atoms with Crippen LogP contribution in [0.2, 0.25) is 0 Å². The maximum absolute atomic E-state index is 5.68. The summed E-state index contributed by atoms with van der Waals surface area (Å²) in [5.41, 5.74) is 2.20. The van der Waals surface area contributed by atoms with Gasteiger partial charge in [0.25, 0.3) is 0 Å². The molecule has 154 valence electrons. The molecule has 1 heterocycles. The molecule has 0 saturated heterocycles. The van der Waals surface area contributed by atoms with Gasteiger partial charge in [-0.25, -0.2) is 0 Å². The summed E-state index contributed by atoms with van der Waals surface area (Å²) in [6.45, 7) is 4.19. The molecule has 0 aliphatic heterocycles. The van der Waals surface area contributed by atoms with Gasteiger partial charge in [-0.05, 0) is 61.6 Å². The van der Waals surface area contributed by atoms with Crippen molar-refractivity contribution in [3.8, 4) is 22.9 Å². The molecule has 6 nitrogen and oxygen atoms in total. The molecule has 3 rings (SSSR count). The van der Waals surface area contributed by atoms with Crippen LogP contribution in [0, 0.1) is 4.77 Å². The predicted molar refractivity (Wildman–Crippen MR) is 116 cm³/mol. The summed E-state index contributed by atoms with van der Waals surface area (Å²) >= 11 is 5.68. The minimum Gasteiger partial charge on any atom is -0.497 e. The fourth-order valence-electron chi connectivity index (χ4n) is 3.26. The average Bonchev–Trinajstić information content (AvgIpc) is 3.09. The van der Waals surface area contributed by atoms with Gasteiger partial charge >= 0.3 is 0 Å². The van der Waals surface area contributed by atoms with Gasteiger partial charge < -0.3 is 19.1 Å². The van der Waals surface area contributed by atoms with Crippen LogP contribution in [0.15, 0.2) is 54.9 Å². The van der Waals surface area contributed by atoms with Crippen molar-refractivity contribution in [3.05, 3.63) is 65.2 Å². The Balaban J connectivity index is 1.70. The molecule has 1 N–H and O–H groups in total. The van der Waals surface area contributed by atoms with E-state index in [1.807, 2.05) is 60.3 Å². The van der Waals surface area contributed by atoms with Gasteiger partial charge in [-0.15, -0.1) is 0 Å². The van der Waals surface area contributed by atoms with Crippen molar-refractivity contribution in [1.29, 1.82) is 0 Å². The van der Waals surface area contributed by atoms with Crippen molar-refractivity contribution in [2.75, 3.05) is 27.9 Å². The molecular weight excluding hydrogens is 386 g/mol. The number of methoxy groups -OCH3 is 2. The molecule has 0 fully saturated rings. The Kier molecular flexibility index (Phi) is 6.95. The lowest BCUT2D eigenvalue weighted by molar-refractivity contribution is -0.917. The maximum Gasteiger partial charge on any atom is 0.188 e. The number of ether oxygens (including phenoxy) is 3. The van der Waals surface area contributed by atoms with Crippen LogP contribution in [-0.4, -0.2) is 37.0 Å². The summed E-state index contributed by atoms with van der Waals surface area (Å²) < 4.78 is 21.1. The van der Waals surface area contributed by atoms with E-state index in [0.29, 0.717) is 6.61 Å². The lowest BCUT2D eigenvalue weighted by Crippen LogP contribution is -3.06. The van der Waals surface area contributed by atoms with Crippen LogP contribution in [-0.2, 0) is 13.2 Å². The Morgan fingerprint density at radius 2 is 1.72 bits per heavy atom. The van der Waals surface area contributed by atoms with E-state index in [2.05, 4.69) is 17.7 Å². The number of nitrogens with zero attached hydrogens (tertiary/aromatic N) is 2. The molecule has 3 aromatic rings. The highest BCUT2D eigenvalue weighted by molar-refractivity contribution is 7.71. The molecule has 0 saturated carbocycles. The number of aromatic nitrogens is 2. The summed E-state index contributed by atoms with van der Waals surface area (Å²) in [5.74, 6) is 2.37. The second-order valence-electron chi connectivity index (χ2n) is 6.83. The van der Waals surface area contributed by atoms with Crippen molar-refractivity contribution in [3.63, 3.8) is 0 Å². The molecule has 0 radical (unpaired) electrons. The van der Waals surface area contributed by atoms with E-state index in [1.54, 1.807) is 14.2 Å². The minimum absolute atomic E-state index is 0.615. The van der Waals surface area contributed by atoms with Gasteiger partial charge in [0.1, 0.15) is 12.3 Å². The van der Waals surface area contributed by atoms with E-state index in [-0.39, 0.29) is 0 Å². The zero-order chi connectivity index (χ0) is 20.8. The first-order valence-electron chi connectivity index (χ1n) is 9.59. The van der Waals surface area contributed by atoms with E-state index >= 15 is 0 Å². The Morgan fingerprint density at radius 1 is 0.966 bits per heavy atom. The van der Waals surface area contributed by atoms with Gasteiger partial charge in [-0.3, -0.25) is 9.13 Å². The third-order valence-electron chi connectivity index (χ3n) is 4.67. The molecule has 0 amide bonds. The largest absolute Gasteiger partial charge is 0.497 e. The molecule has 2 aromatic carbocycles. The van der Waals surface area contributed by atoms with Crippen LogP contribution < -0.4 is 19.1 Å². The molecule has 0 aliphatic carbocycles. The Labute approximate surface area is 176 Å². The third-order valence-corrected chi connectivity index (χ3v) is 5.10. The topological polar surface area (TPSA) is 42.0 Å². The molecule has 1 aromatic heterocycles. The second-order valence-corrected chi connectivity index (χ2v) is 7.19. The molecule has 7 heteroatoms. The number of imidazole rings is 1. The first kappa shape index (κ1) is 21.0. The molecule has 0 spiro atoms. The Bertz CT molecular complexity index is 995. The fourth-order valence-corrected chi connectivity index (χ4v) is 3.56. The highest BCUT2D eigenvalue weighted by atomic mass is 32.1. The average molecular weight is 415 g/mol. The summed E-state index contributed by atoms with van der Waals surface area (Å²) in [6, 6.07) is 14.0. The summed E-state index contributed by atoms with van der Waals surface area (Å²) in [5, 5.41) is 0. The van der Waals surface area contributed by atoms with Crippen molar-refractivity contribution >= 4 is 12.2 Å². The first-order chi connectivity index (χ1) is 14.0. The van der Waals surface area contributed by atoms with Crippen molar-refractivity contribution in [1.82, 2.24) is 9.13 Å². The van der Waals surface area contributed by atoms with E-state index in [0.717, 1.165) is 40.9 Å². The lowest BCUT2D eigenvalue weighted by atomic mass is 10.2. The van der Waals surface area contributed by atoms with Gasteiger partial charge in [0.2, 0.25) is 0 Å². The van der Waals surface area contributed by atoms with Crippen LogP contribution in [0.3, 0.4) is 0 Å². The van der Waals surface area contributed by atoms with Crippen molar-refractivity contribution in [2.24, 2.45) is 0 Å². The maximum atomic E-state index is 5.68. The van der Waals surface area contributed by atoms with Gasteiger partial charge in [-0.1, -0.05) is 0 Å². The van der Waals surface area contributed by atoms with Gasteiger partial charge in [0.05, 0.1) is 27.9 Å². The molecular formula is C22H28N3O3S+. The highest BCUT2D eigenvalue weighted by Crippen LogP contribution is 2.27. The predicted octanol–water partition coefficient (Wildman–Crippen LogP) is 3.10. The van der Waals surface area contributed by atoms with Crippen molar-refractivity contribution < 1.29 is 19.1 Å². The van der Waals surface area contributed by atoms with Gasteiger partial charge in [-0.2, -0.15) is 0 Å². The number of quaternary nitrogens is 1. The van der Waals surface area contributed by atoms with E-state index in [1.165, 1.54) is 10.5 Å². The zero-order valence-electron chi connectivity index (χ0n) is 17.3. The Hall–Kier alpha value is -2.77. The lowest BCUT2D eigenvalue weighted by Gasteiger charge is -2.16. The summed E-state index contributed by atoms with van der Waals surface area (Å²) in [6.07, 6.45) is 4.02. The Morgan fingerprint density at radius 3 is 2.38 bits per heavy atom. The van der Waals surface area contributed by atoms with E-state index in [9.17, 15) is 0 Å². The van der Waals surface area contributed by atoms with Crippen LogP contribution >= 0.6 is 12.2 Å². The SMILES string of the molecule is CCOc1ccc(C[NH+](C)Cn2ccn(-c3ccc(OC)cc3)c2=S)cc1OC. The quantitative estimate of drug-likeness (QED) is 0.547. The van der Waals surface area contributed by atoms with E-state index < -0.39 is 0 Å².